The molecule has 3 heterocycles. The Kier molecular flexibility index (Phi) is 1.95. The van der Waals surface area contributed by atoms with Crippen LogP contribution in [0, 0.1) is 11.8 Å². The van der Waals surface area contributed by atoms with E-state index in [-0.39, 0.29) is 0 Å². The Morgan fingerprint density at radius 2 is 1.89 bits per heavy atom. The number of ether oxygens (including phenoxy) is 3. The van der Waals surface area contributed by atoms with Crippen molar-refractivity contribution in [1.82, 2.24) is 0 Å². The smallest absolute Gasteiger partial charge is 0.324 e. The molecule has 0 radical (unpaired) electrons. The maximum atomic E-state index is 11.8. The highest BCUT2D eigenvalue weighted by molar-refractivity contribution is 5.98. The van der Waals surface area contributed by atoms with Crippen LogP contribution in [0.15, 0.2) is 42.5 Å². The van der Waals surface area contributed by atoms with Crippen LogP contribution < -0.4 is 4.74 Å². The fraction of sp³-hybridized carbons (Fsp3) is 0.286. The maximum Gasteiger partial charge on any atom is 0.324 e. The van der Waals surface area contributed by atoms with Crippen molar-refractivity contribution in [3.63, 3.8) is 0 Å². The molecule has 0 aromatic heterocycles. The third-order valence-electron chi connectivity index (χ3n) is 3.73. The van der Waals surface area contributed by atoms with E-state index in [0.29, 0.717) is 5.75 Å². The number of benzene rings is 1. The highest BCUT2D eigenvalue weighted by Gasteiger charge is 2.69. The van der Waals surface area contributed by atoms with Crippen molar-refractivity contribution in [2.24, 2.45) is 11.8 Å². The Morgan fingerprint density at radius 1 is 1.11 bits per heavy atom. The number of hydrogen-bond acceptors (Lipinski definition) is 5. The van der Waals surface area contributed by atoms with Gasteiger partial charge in [-0.05, 0) is 18.2 Å². The average Bonchev–Trinajstić information content (AvgIpc) is 3.03. The van der Waals surface area contributed by atoms with Crippen LogP contribution >= 0.6 is 0 Å². The summed E-state index contributed by atoms with van der Waals surface area (Å²) in [7, 11) is 0. The maximum absolute atomic E-state index is 11.8. The lowest BCUT2D eigenvalue weighted by Crippen LogP contribution is -2.43. The average molecular weight is 258 g/mol. The molecule has 4 atom stereocenters. The van der Waals surface area contributed by atoms with Crippen molar-refractivity contribution in [3.8, 4) is 5.75 Å². The zero-order valence-electron chi connectivity index (χ0n) is 9.81. The second-order valence-corrected chi connectivity index (χ2v) is 4.82. The first-order chi connectivity index (χ1) is 9.20. The lowest BCUT2D eigenvalue weighted by Gasteiger charge is -2.27. The van der Waals surface area contributed by atoms with Gasteiger partial charge in [0.2, 0.25) is 5.79 Å². The van der Waals surface area contributed by atoms with Gasteiger partial charge in [-0.15, -0.1) is 0 Å². The van der Waals surface area contributed by atoms with Crippen molar-refractivity contribution in [3.05, 3.63) is 42.5 Å². The first-order valence-electron chi connectivity index (χ1n) is 6.06. The van der Waals surface area contributed by atoms with Gasteiger partial charge < -0.3 is 14.2 Å². The minimum atomic E-state index is -1.21. The molecule has 0 aliphatic carbocycles. The van der Waals surface area contributed by atoms with Crippen LogP contribution in [-0.4, -0.2) is 23.8 Å². The molecule has 19 heavy (non-hydrogen) atoms. The summed E-state index contributed by atoms with van der Waals surface area (Å²) in [6.07, 6.45) is 3.02. The Hall–Kier alpha value is -2.14. The highest BCUT2D eigenvalue weighted by Crippen LogP contribution is 2.51. The number of cyclic esters (lactones) is 2. The molecule has 96 valence electrons. The van der Waals surface area contributed by atoms with Crippen LogP contribution in [-0.2, 0) is 19.1 Å². The third kappa shape index (κ3) is 1.33. The topological polar surface area (TPSA) is 61.8 Å². The molecule has 2 fully saturated rings. The van der Waals surface area contributed by atoms with E-state index >= 15 is 0 Å². The van der Waals surface area contributed by atoms with Crippen LogP contribution in [0.5, 0.6) is 5.75 Å². The molecule has 5 heteroatoms. The summed E-state index contributed by atoms with van der Waals surface area (Å²) in [6, 6.07) is 9.06. The molecule has 0 amide bonds. The lowest BCUT2D eigenvalue weighted by atomic mass is 9.83. The Bertz CT molecular complexity index is 593. The van der Waals surface area contributed by atoms with Crippen molar-refractivity contribution in [1.29, 1.82) is 0 Å². The summed E-state index contributed by atoms with van der Waals surface area (Å²) < 4.78 is 16.2. The number of hydrogen-bond donors (Lipinski definition) is 0. The van der Waals surface area contributed by atoms with Gasteiger partial charge in [-0.3, -0.25) is 9.59 Å². The van der Waals surface area contributed by atoms with Gasteiger partial charge in [0, 0.05) is 0 Å². The van der Waals surface area contributed by atoms with Crippen molar-refractivity contribution in [2.75, 3.05) is 0 Å². The van der Waals surface area contributed by atoms with Gasteiger partial charge in [0.05, 0.1) is 6.10 Å². The Labute approximate surface area is 108 Å². The summed E-state index contributed by atoms with van der Waals surface area (Å²) in [4.78, 5) is 23.5. The zero-order chi connectivity index (χ0) is 13.0. The van der Waals surface area contributed by atoms with Crippen LogP contribution in [0.1, 0.15) is 0 Å². The normalized spacial score (nSPS) is 38.4. The van der Waals surface area contributed by atoms with Crippen LogP contribution in [0.4, 0.5) is 0 Å². The van der Waals surface area contributed by atoms with Crippen LogP contribution in [0.25, 0.3) is 0 Å². The molecule has 0 spiro atoms. The van der Waals surface area contributed by atoms with E-state index in [2.05, 4.69) is 0 Å². The van der Waals surface area contributed by atoms with E-state index < -0.39 is 35.7 Å². The second kappa shape index (κ2) is 3.45. The minimum absolute atomic E-state index is 0.437. The van der Waals surface area contributed by atoms with E-state index in [1.807, 2.05) is 18.2 Å². The summed E-state index contributed by atoms with van der Waals surface area (Å²) in [5.41, 5.74) is 0. The number of carbonyl (C=O) groups excluding carboxylic acids is 2. The van der Waals surface area contributed by atoms with E-state index in [4.69, 9.17) is 14.2 Å². The molecule has 1 aromatic carbocycles. The molecule has 0 saturated carbocycles. The lowest BCUT2D eigenvalue weighted by molar-refractivity contribution is -0.172. The predicted octanol–water partition coefficient (Wildman–Crippen LogP) is 1.05. The fourth-order valence-corrected chi connectivity index (χ4v) is 2.94. The SMILES string of the molecule is O=C1OC(=O)C2C1C1C=CC2(Oc2ccccc2)O1. The van der Waals surface area contributed by atoms with Crippen LogP contribution in [0.3, 0.4) is 0 Å². The van der Waals surface area contributed by atoms with Gasteiger partial charge in [-0.1, -0.05) is 24.3 Å². The number of esters is 2. The standard InChI is InChI=1S/C14H10O5/c15-12-10-9-6-7-14(19-9,11(10)13(16)17-12)18-8-4-2-1-3-5-8/h1-7,9-11H. The third-order valence-corrected chi connectivity index (χ3v) is 3.73. The quantitative estimate of drug-likeness (QED) is 0.450. The molecule has 3 aliphatic heterocycles. The van der Waals surface area contributed by atoms with Gasteiger partial charge in [-0.2, -0.15) is 0 Å². The monoisotopic (exact) mass is 258 g/mol. The predicted molar refractivity (Wildman–Crippen MR) is 61.9 cm³/mol. The van der Waals surface area contributed by atoms with Crippen molar-refractivity contribution >= 4 is 11.9 Å². The number of para-hydroxylation sites is 1. The second-order valence-electron chi connectivity index (χ2n) is 4.82. The van der Waals surface area contributed by atoms with Gasteiger partial charge in [0.25, 0.3) is 0 Å². The molecule has 2 bridgehead atoms. The Morgan fingerprint density at radius 3 is 2.68 bits per heavy atom. The van der Waals surface area contributed by atoms with E-state index in [1.165, 1.54) is 0 Å². The molecule has 3 aliphatic rings. The highest BCUT2D eigenvalue weighted by atomic mass is 16.7. The number of fused-ring (bicyclic) bond motifs is 5. The molecule has 5 nitrogen and oxygen atoms in total. The number of rotatable bonds is 2. The largest absolute Gasteiger partial charge is 0.458 e. The van der Waals surface area contributed by atoms with Gasteiger partial charge in [-0.25, -0.2) is 0 Å². The minimum Gasteiger partial charge on any atom is -0.458 e. The fourth-order valence-electron chi connectivity index (χ4n) is 2.94. The van der Waals surface area contributed by atoms with Gasteiger partial charge in [0.1, 0.15) is 17.6 Å². The molecule has 4 rings (SSSR count). The molecular formula is C14H10O5. The van der Waals surface area contributed by atoms with Crippen molar-refractivity contribution in [2.45, 2.75) is 11.9 Å². The summed E-state index contributed by atoms with van der Waals surface area (Å²) >= 11 is 0. The Balaban J connectivity index is 1.73. The van der Waals surface area contributed by atoms with Gasteiger partial charge in [0.15, 0.2) is 0 Å². The van der Waals surface area contributed by atoms with Gasteiger partial charge >= 0.3 is 11.9 Å². The van der Waals surface area contributed by atoms with E-state index in [0.717, 1.165) is 0 Å². The molecule has 1 aromatic rings. The molecule has 4 unspecified atom stereocenters. The molecule has 2 saturated heterocycles. The summed E-state index contributed by atoms with van der Waals surface area (Å²) in [5.74, 6) is -3.02. The first kappa shape index (κ1) is 10.8. The van der Waals surface area contributed by atoms with Crippen LogP contribution in [0.2, 0.25) is 0 Å². The number of carbonyl (C=O) groups is 2. The summed E-state index contributed by atoms with van der Waals surface area (Å²) in [6.45, 7) is 0. The summed E-state index contributed by atoms with van der Waals surface area (Å²) in [5, 5.41) is 0. The van der Waals surface area contributed by atoms with E-state index in [1.54, 1.807) is 24.3 Å². The molecule has 0 N–H and O–H groups in total. The molecular weight excluding hydrogens is 248 g/mol. The first-order valence-corrected chi connectivity index (χ1v) is 6.06. The zero-order valence-corrected chi connectivity index (χ0v) is 9.81. The van der Waals surface area contributed by atoms with Crippen molar-refractivity contribution < 1.29 is 23.8 Å². The van der Waals surface area contributed by atoms with E-state index in [9.17, 15) is 9.59 Å².